The molecular formula is C11H10BrNO3. The van der Waals surface area contributed by atoms with Gasteiger partial charge < -0.3 is 10.5 Å². The number of carbonyl (C=O) groups excluding carboxylic acids is 2. The number of ketones is 1. The second-order valence-electron chi connectivity index (χ2n) is 2.97. The number of allylic oxidation sites excluding steroid dienone is 1. The molecule has 0 saturated heterocycles. The molecule has 1 aromatic rings. The van der Waals surface area contributed by atoms with Gasteiger partial charge in [0.05, 0.1) is 7.11 Å². The lowest BCUT2D eigenvalue weighted by Gasteiger charge is -1.99. The number of rotatable bonds is 3. The fraction of sp³-hybridized carbons (Fsp3) is 0.0909. The van der Waals surface area contributed by atoms with Crippen molar-refractivity contribution in [1.29, 1.82) is 0 Å². The molecule has 0 radical (unpaired) electrons. The summed E-state index contributed by atoms with van der Waals surface area (Å²) >= 11 is 3.24. The Balaban J connectivity index is 2.92. The highest BCUT2D eigenvalue weighted by Crippen LogP contribution is 2.12. The van der Waals surface area contributed by atoms with Gasteiger partial charge in [0.15, 0.2) is 5.78 Å². The number of nitrogens with two attached hydrogens (primary N) is 1. The predicted molar refractivity (Wildman–Crippen MR) is 62.8 cm³/mol. The molecule has 0 spiro atoms. The molecule has 0 aliphatic heterocycles. The smallest absolute Gasteiger partial charge is 0.354 e. The van der Waals surface area contributed by atoms with Crippen LogP contribution in [0.25, 0.3) is 0 Å². The molecule has 4 nitrogen and oxygen atoms in total. The van der Waals surface area contributed by atoms with Crippen molar-refractivity contribution in [1.82, 2.24) is 0 Å². The third kappa shape index (κ3) is 3.20. The molecule has 0 aliphatic carbocycles. The first-order valence-corrected chi connectivity index (χ1v) is 5.19. The summed E-state index contributed by atoms with van der Waals surface area (Å²) in [7, 11) is 1.20. The molecule has 0 atom stereocenters. The molecule has 0 fully saturated rings. The molecule has 0 bridgehead atoms. The third-order valence-electron chi connectivity index (χ3n) is 1.82. The maximum Gasteiger partial charge on any atom is 0.354 e. The fourth-order valence-corrected chi connectivity index (χ4v) is 1.44. The largest absolute Gasteiger partial charge is 0.464 e. The number of carbonyl (C=O) groups is 2. The van der Waals surface area contributed by atoms with E-state index in [1.165, 1.54) is 7.11 Å². The van der Waals surface area contributed by atoms with E-state index in [0.717, 1.165) is 10.5 Å². The first-order valence-electron chi connectivity index (χ1n) is 4.40. The topological polar surface area (TPSA) is 69.4 Å². The van der Waals surface area contributed by atoms with E-state index >= 15 is 0 Å². The summed E-state index contributed by atoms with van der Waals surface area (Å²) in [4.78, 5) is 22.6. The zero-order chi connectivity index (χ0) is 12.1. The van der Waals surface area contributed by atoms with Gasteiger partial charge in [0.1, 0.15) is 5.70 Å². The van der Waals surface area contributed by atoms with E-state index in [9.17, 15) is 9.59 Å². The summed E-state index contributed by atoms with van der Waals surface area (Å²) in [5.74, 6) is -1.06. The number of hydrogen-bond donors (Lipinski definition) is 1. The van der Waals surface area contributed by atoms with Gasteiger partial charge in [0, 0.05) is 16.1 Å². The lowest BCUT2D eigenvalue weighted by Crippen LogP contribution is -2.14. The quantitative estimate of drug-likeness (QED) is 0.520. The Morgan fingerprint density at radius 1 is 1.44 bits per heavy atom. The van der Waals surface area contributed by atoms with Gasteiger partial charge >= 0.3 is 5.97 Å². The molecule has 0 heterocycles. The van der Waals surface area contributed by atoms with Gasteiger partial charge in [-0.15, -0.1) is 0 Å². The van der Waals surface area contributed by atoms with Gasteiger partial charge in [-0.1, -0.05) is 28.1 Å². The van der Waals surface area contributed by atoms with E-state index in [1.807, 2.05) is 0 Å². The van der Waals surface area contributed by atoms with Crippen LogP contribution in [0, 0.1) is 0 Å². The number of methoxy groups -OCH3 is 1. The zero-order valence-corrected chi connectivity index (χ0v) is 10.2. The van der Waals surface area contributed by atoms with Crippen molar-refractivity contribution in [2.24, 2.45) is 5.73 Å². The summed E-state index contributed by atoms with van der Waals surface area (Å²) in [6, 6.07) is 6.79. The summed E-state index contributed by atoms with van der Waals surface area (Å²) in [6.07, 6.45) is 1.05. The van der Waals surface area contributed by atoms with E-state index in [-0.39, 0.29) is 11.5 Å². The van der Waals surface area contributed by atoms with Crippen LogP contribution in [-0.4, -0.2) is 18.9 Å². The van der Waals surface area contributed by atoms with Crippen molar-refractivity contribution in [3.63, 3.8) is 0 Å². The maximum atomic E-state index is 11.6. The number of benzene rings is 1. The lowest BCUT2D eigenvalue weighted by atomic mass is 10.1. The normalized spacial score (nSPS) is 11.0. The van der Waals surface area contributed by atoms with E-state index < -0.39 is 5.97 Å². The average molecular weight is 284 g/mol. The lowest BCUT2D eigenvalue weighted by molar-refractivity contribution is -0.136. The van der Waals surface area contributed by atoms with E-state index in [2.05, 4.69) is 20.7 Å². The minimum Gasteiger partial charge on any atom is -0.464 e. The Hall–Kier alpha value is -1.62. The van der Waals surface area contributed by atoms with Crippen molar-refractivity contribution in [3.8, 4) is 0 Å². The molecule has 0 amide bonds. The standard InChI is InChI=1S/C11H10BrNO3/c1-16-11(15)9(13)6-10(14)7-3-2-4-8(12)5-7/h2-6H,13H2,1H3. The van der Waals surface area contributed by atoms with Crippen LogP contribution < -0.4 is 5.73 Å². The minimum atomic E-state index is -0.719. The van der Waals surface area contributed by atoms with Crippen molar-refractivity contribution in [2.75, 3.05) is 7.11 Å². The van der Waals surface area contributed by atoms with Gasteiger partial charge in [-0.3, -0.25) is 4.79 Å². The molecule has 1 aromatic carbocycles. The highest BCUT2D eigenvalue weighted by atomic mass is 79.9. The number of ether oxygens (including phenoxy) is 1. The summed E-state index contributed by atoms with van der Waals surface area (Å²) in [5, 5.41) is 0. The van der Waals surface area contributed by atoms with Crippen LogP contribution in [0.1, 0.15) is 10.4 Å². The summed E-state index contributed by atoms with van der Waals surface area (Å²) in [5.41, 5.74) is 5.59. The number of halogens is 1. The molecule has 0 aliphatic rings. The van der Waals surface area contributed by atoms with E-state index in [1.54, 1.807) is 24.3 Å². The molecule has 84 valence electrons. The molecule has 0 unspecified atom stereocenters. The van der Waals surface area contributed by atoms with Crippen LogP contribution in [0.2, 0.25) is 0 Å². The van der Waals surface area contributed by atoms with Crippen molar-refractivity contribution in [2.45, 2.75) is 0 Å². The van der Waals surface area contributed by atoms with Gasteiger partial charge in [-0.2, -0.15) is 0 Å². The predicted octanol–water partition coefficient (Wildman–Crippen LogP) is 1.65. The Labute approximate surface area is 101 Å². The van der Waals surface area contributed by atoms with Gasteiger partial charge in [0.25, 0.3) is 0 Å². The van der Waals surface area contributed by atoms with Crippen molar-refractivity contribution in [3.05, 3.63) is 46.1 Å². The first kappa shape index (κ1) is 12.4. The fourth-order valence-electron chi connectivity index (χ4n) is 1.04. The second-order valence-corrected chi connectivity index (χ2v) is 3.88. The Bertz CT molecular complexity index is 454. The number of esters is 1. The highest BCUT2D eigenvalue weighted by Gasteiger charge is 2.09. The SMILES string of the molecule is COC(=O)C(N)=CC(=O)c1cccc(Br)c1. The van der Waals surface area contributed by atoms with E-state index in [0.29, 0.717) is 5.56 Å². The minimum absolute atomic E-state index is 0.215. The summed E-state index contributed by atoms with van der Waals surface area (Å²) < 4.78 is 5.16. The Morgan fingerprint density at radius 3 is 2.69 bits per heavy atom. The Kier molecular flexibility index (Phi) is 4.25. The molecule has 5 heteroatoms. The van der Waals surface area contributed by atoms with Crippen LogP contribution in [0.5, 0.6) is 0 Å². The monoisotopic (exact) mass is 283 g/mol. The molecule has 1 rings (SSSR count). The second kappa shape index (κ2) is 5.46. The Morgan fingerprint density at radius 2 is 2.12 bits per heavy atom. The van der Waals surface area contributed by atoms with Crippen LogP contribution in [0.3, 0.4) is 0 Å². The molecular weight excluding hydrogens is 274 g/mol. The van der Waals surface area contributed by atoms with Crippen molar-refractivity contribution >= 4 is 27.7 Å². The van der Waals surface area contributed by atoms with Gasteiger partial charge in [0.2, 0.25) is 0 Å². The molecule has 0 saturated carbocycles. The maximum absolute atomic E-state index is 11.6. The van der Waals surface area contributed by atoms with Crippen molar-refractivity contribution < 1.29 is 14.3 Å². The van der Waals surface area contributed by atoms with Gasteiger partial charge in [-0.05, 0) is 12.1 Å². The van der Waals surface area contributed by atoms with Crippen LogP contribution >= 0.6 is 15.9 Å². The first-order chi connectivity index (χ1) is 7.54. The van der Waals surface area contributed by atoms with Crippen LogP contribution in [-0.2, 0) is 9.53 Å². The highest BCUT2D eigenvalue weighted by molar-refractivity contribution is 9.10. The zero-order valence-electron chi connectivity index (χ0n) is 8.57. The third-order valence-corrected chi connectivity index (χ3v) is 2.31. The van der Waals surface area contributed by atoms with Gasteiger partial charge in [-0.25, -0.2) is 4.79 Å². The number of hydrogen-bond acceptors (Lipinski definition) is 4. The molecule has 16 heavy (non-hydrogen) atoms. The van der Waals surface area contributed by atoms with Crippen LogP contribution in [0.15, 0.2) is 40.5 Å². The van der Waals surface area contributed by atoms with Crippen LogP contribution in [0.4, 0.5) is 0 Å². The van der Waals surface area contributed by atoms with E-state index in [4.69, 9.17) is 5.73 Å². The average Bonchev–Trinajstić information content (AvgIpc) is 2.27. The molecule has 2 N–H and O–H groups in total. The molecule has 0 aromatic heterocycles. The summed E-state index contributed by atoms with van der Waals surface area (Å²) in [6.45, 7) is 0.